The number of hydrogen-bond acceptors (Lipinski definition) is 5. The number of aromatic nitrogens is 3. The maximum atomic E-state index is 5.49. The van der Waals surface area contributed by atoms with E-state index in [-0.39, 0.29) is 0 Å². The lowest BCUT2D eigenvalue weighted by Gasteiger charge is -2.36. The van der Waals surface area contributed by atoms with Crippen molar-refractivity contribution < 1.29 is 0 Å². The van der Waals surface area contributed by atoms with Crippen LogP contribution in [0.5, 0.6) is 0 Å². The first-order chi connectivity index (χ1) is 8.69. The molecule has 2 heterocycles. The molecule has 0 unspecified atom stereocenters. The van der Waals surface area contributed by atoms with Gasteiger partial charge < -0.3 is 5.73 Å². The van der Waals surface area contributed by atoms with E-state index in [1.807, 2.05) is 10.9 Å². The number of nitrogens with two attached hydrogens (primary N) is 1. The summed E-state index contributed by atoms with van der Waals surface area (Å²) in [6, 6.07) is 0.651. The first-order valence-corrected chi connectivity index (χ1v) is 6.74. The minimum absolute atomic E-state index is 0.607. The molecule has 0 amide bonds. The molecule has 6 nitrogen and oxygen atoms in total. The Morgan fingerprint density at radius 1 is 1.28 bits per heavy atom. The Kier molecular flexibility index (Phi) is 4.68. The van der Waals surface area contributed by atoms with Crippen molar-refractivity contribution in [2.45, 2.75) is 33.0 Å². The van der Waals surface area contributed by atoms with Gasteiger partial charge in [-0.1, -0.05) is 5.21 Å². The van der Waals surface area contributed by atoms with Crippen molar-refractivity contribution in [3.8, 4) is 0 Å². The summed E-state index contributed by atoms with van der Waals surface area (Å²) in [5.74, 6) is 0. The highest BCUT2D eigenvalue weighted by Gasteiger charge is 2.19. The average molecular weight is 252 g/mol. The van der Waals surface area contributed by atoms with Crippen molar-refractivity contribution in [3.63, 3.8) is 0 Å². The summed E-state index contributed by atoms with van der Waals surface area (Å²) in [4.78, 5) is 4.96. The maximum Gasteiger partial charge on any atom is 0.0967 e. The molecule has 6 heteroatoms. The quantitative estimate of drug-likeness (QED) is 0.784. The van der Waals surface area contributed by atoms with Gasteiger partial charge in [-0.05, 0) is 13.8 Å². The van der Waals surface area contributed by atoms with E-state index in [0.717, 1.165) is 45.0 Å². The SMILES string of the molecule is CC(C)N1CCN(Cc2cn(CCN)nn2)CC1. The molecule has 0 atom stereocenters. The highest BCUT2D eigenvalue weighted by Crippen LogP contribution is 2.08. The lowest BCUT2D eigenvalue weighted by molar-refractivity contribution is 0.103. The average Bonchev–Trinajstić information content (AvgIpc) is 2.78. The summed E-state index contributed by atoms with van der Waals surface area (Å²) in [5.41, 5.74) is 6.54. The molecular weight excluding hydrogens is 228 g/mol. The molecule has 1 aromatic rings. The van der Waals surface area contributed by atoms with Crippen molar-refractivity contribution in [3.05, 3.63) is 11.9 Å². The monoisotopic (exact) mass is 252 g/mol. The zero-order chi connectivity index (χ0) is 13.0. The number of nitrogens with zero attached hydrogens (tertiary/aromatic N) is 5. The Balaban J connectivity index is 1.80. The second-order valence-electron chi connectivity index (χ2n) is 5.17. The van der Waals surface area contributed by atoms with Crippen LogP contribution in [-0.4, -0.2) is 63.6 Å². The van der Waals surface area contributed by atoms with Crippen molar-refractivity contribution in [1.29, 1.82) is 0 Å². The summed E-state index contributed by atoms with van der Waals surface area (Å²) in [6.45, 7) is 11.3. The molecule has 2 N–H and O–H groups in total. The third-order valence-electron chi connectivity index (χ3n) is 3.47. The van der Waals surface area contributed by atoms with Crippen molar-refractivity contribution in [1.82, 2.24) is 24.8 Å². The second-order valence-corrected chi connectivity index (χ2v) is 5.17. The summed E-state index contributed by atoms with van der Waals surface area (Å²) in [6.07, 6.45) is 2.00. The van der Waals surface area contributed by atoms with Gasteiger partial charge in [0.15, 0.2) is 0 Å². The molecular formula is C12H24N6. The van der Waals surface area contributed by atoms with Crippen LogP contribution in [0.25, 0.3) is 0 Å². The molecule has 2 rings (SSSR count). The van der Waals surface area contributed by atoms with E-state index in [0.29, 0.717) is 12.6 Å². The highest BCUT2D eigenvalue weighted by atomic mass is 15.4. The van der Waals surface area contributed by atoms with E-state index < -0.39 is 0 Å². The van der Waals surface area contributed by atoms with E-state index in [9.17, 15) is 0 Å². The van der Waals surface area contributed by atoms with Crippen LogP contribution < -0.4 is 5.73 Å². The molecule has 1 aromatic heterocycles. The van der Waals surface area contributed by atoms with Crippen molar-refractivity contribution in [2.24, 2.45) is 5.73 Å². The van der Waals surface area contributed by atoms with Gasteiger partial charge in [0.25, 0.3) is 0 Å². The molecule has 0 saturated carbocycles. The Labute approximate surface area is 109 Å². The van der Waals surface area contributed by atoms with Crippen LogP contribution in [0, 0.1) is 0 Å². The number of piperazine rings is 1. The van der Waals surface area contributed by atoms with Crippen LogP contribution in [-0.2, 0) is 13.1 Å². The Hall–Kier alpha value is -0.980. The van der Waals surface area contributed by atoms with Gasteiger partial charge in [-0.15, -0.1) is 5.10 Å². The number of hydrogen-bond donors (Lipinski definition) is 1. The standard InChI is InChI=1S/C12H24N6/c1-11(2)17-7-5-16(6-8-17)9-12-10-18(4-3-13)15-14-12/h10-11H,3-9,13H2,1-2H3. The lowest BCUT2D eigenvalue weighted by Crippen LogP contribution is -2.48. The molecule has 102 valence electrons. The summed E-state index contributed by atoms with van der Waals surface area (Å²) >= 11 is 0. The predicted octanol–water partition coefficient (Wildman–Crippen LogP) is -0.237. The Morgan fingerprint density at radius 3 is 2.61 bits per heavy atom. The van der Waals surface area contributed by atoms with Crippen molar-refractivity contribution >= 4 is 0 Å². The van der Waals surface area contributed by atoms with E-state index in [1.54, 1.807) is 0 Å². The van der Waals surface area contributed by atoms with Gasteiger partial charge in [-0.25, -0.2) is 0 Å². The van der Waals surface area contributed by atoms with Crippen LogP contribution in [0.1, 0.15) is 19.5 Å². The zero-order valence-corrected chi connectivity index (χ0v) is 11.4. The Morgan fingerprint density at radius 2 is 2.00 bits per heavy atom. The van der Waals surface area contributed by atoms with Crippen LogP contribution >= 0.6 is 0 Å². The molecule has 0 aromatic carbocycles. The van der Waals surface area contributed by atoms with Gasteiger partial charge in [0.2, 0.25) is 0 Å². The molecule has 1 fully saturated rings. The van der Waals surface area contributed by atoms with Gasteiger partial charge in [0.1, 0.15) is 0 Å². The normalized spacial score (nSPS) is 18.7. The Bertz CT molecular complexity index is 353. The van der Waals surface area contributed by atoms with Gasteiger partial charge >= 0.3 is 0 Å². The summed E-state index contributed by atoms with van der Waals surface area (Å²) < 4.78 is 1.82. The molecule has 18 heavy (non-hydrogen) atoms. The van der Waals surface area contributed by atoms with E-state index >= 15 is 0 Å². The van der Waals surface area contributed by atoms with Gasteiger partial charge in [0.05, 0.1) is 12.2 Å². The van der Waals surface area contributed by atoms with Crippen molar-refractivity contribution in [2.75, 3.05) is 32.7 Å². The first kappa shape index (κ1) is 13.5. The zero-order valence-electron chi connectivity index (χ0n) is 11.4. The largest absolute Gasteiger partial charge is 0.329 e. The summed E-state index contributed by atoms with van der Waals surface area (Å²) in [5, 5.41) is 8.25. The molecule has 1 aliphatic heterocycles. The van der Waals surface area contributed by atoms with E-state index in [1.165, 1.54) is 0 Å². The molecule has 0 bridgehead atoms. The van der Waals surface area contributed by atoms with Crippen LogP contribution in [0.15, 0.2) is 6.20 Å². The predicted molar refractivity (Wildman–Crippen MR) is 71.1 cm³/mol. The molecule has 0 spiro atoms. The fraction of sp³-hybridized carbons (Fsp3) is 0.833. The van der Waals surface area contributed by atoms with Gasteiger partial charge in [-0.2, -0.15) is 0 Å². The van der Waals surface area contributed by atoms with Crippen LogP contribution in [0.2, 0.25) is 0 Å². The summed E-state index contributed by atoms with van der Waals surface area (Å²) in [7, 11) is 0. The minimum Gasteiger partial charge on any atom is -0.329 e. The second kappa shape index (κ2) is 6.26. The smallest absolute Gasteiger partial charge is 0.0967 e. The van der Waals surface area contributed by atoms with Gasteiger partial charge in [-0.3, -0.25) is 14.5 Å². The first-order valence-electron chi connectivity index (χ1n) is 6.74. The number of rotatable bonds is 5. The third kappa shape index (κ3) is 3.51. The molecule has 1 saturated heterocycles. The maximum absolute atomic E-state index is 5.49. The van der Waals surface area contributed by atoms with Gasteiger partial charge in [0, 0.05) is 51.5 Å². The fourth-order valence-corrected chi connectivity index (χ4v) is 2.32. The minimum atomic E-state index is 0.607. The molecule has 0 aliphatic carbocycles. The van der Waals surface area contributed by atoms with E-state index in [2.05, 4.69) is 34.0 Å². The van der Waals surface area contributed by atoms with Crippen LogP contribution in [0.4, 0.5) is 0 Å². The molecule has 0 radical (unpaired) electrons. The van der Waals surface area contributed by atoms with E-state index in [4.69, 9.17) is 5.73 Å². The molecule has 1 aliphatic rings. The topological polar surface area (TPSA) is 63.2 Å². The lowest BCUT2D eigenvalue weighted by atomic mass is 10.2. The van der Waals surface area contributed by atoms with Crippen LogP contribution in [0.3, 0.4) is 0 Å². The highest BCUT2D eigenvalue weighted by molar-refractivity contribution is 4.93. The fourth-order valence-electron chi connectivity index (χ4n) is 2.32. The third-order valence-corrected chi connectivity index (χ3v) is 3.47.